The van der Waals surface area contributed by atoms with Crippen molar-refractivity contribution in [2.24, 2.45) is 0 Å². The molecule has 0 saturated heterocycles. The summed E-state index contributed by atoms with van der Waals surface area (Å²) in [6.45, 7) is -0.377. The molecule has 2 aromatic carbocycles. The lowest BCUT2D eigenvalue weighted by molar-refractivity contribution is -0.148. The lowest BCUT2D eigenvalue weighted by atomic mass is 10.2. The molecule has 0 N–H and O–H groups in total. The Labute approximate surface area is 154 Å². The third-order valence-electron chi connectivity index (χ3n) is 3.32. The Kier molecular flexibility index (Phi) is 5.70. The first-order valence-corrected chi connectivity index (χ1v) is 8.03. The monoisotopic (exact) mass is 374 g/mol. The summed E-state index contributed by atoms with van der Waals surface area (Å²) in [5.41, 5.74) is 0.733. The summed E-state index contributed by atoms with van der Waals surface area (Å²) >= 11 is 5.78. The zero-order valence-corrected chi connectivity index (χ0v) is 14.6. The zero-order chi connectivity index (χ0) is 18.4. The molecule has 0 aliphatic rings. The minimum atomic E-state index is -0.555. The fourth-order valence-corrected chi connectivity index (χ4v) is 2.18. The van der Waals surface area contributed by atoms with E-state index in [0.717, 1.165) is 5.56 Å². The van der Waals surface area contributed by atoms with Crippen LogP contribution in [0.15, 0.2) is 53.1 Å². The number of hydrogen-bond acceptors (Lipinski definition) is 7. The first-order valence-electron chi connectivity index (χ1n) is 7.65. The van der Waals surface area contributed by atoms with Gasteiger partial charge in [-0.05, 0) is 36.4 Å². The normalized spacial score (nSPS) is 10.4. The summed E-state index contributed by atoms with van der Waals surface area (Å²) in [5.74, 6) is 1.21. The van der Waals surface area contributed by atoms with E-state index in [1.165, 1.54) is 0 Å². The minimum absolute atomic E-state index is 0.139. The highest BCUT2D eigenvalue weighted by Gasteiger charge is 2.12. The number of halogens is 1. The van der Waals surface area contributed by atoms with E-state index in [1.807, 2.05) is 18.2 Å². The largest absolute Gasteiger partial charge is 0.497 e. The van der Waals surface area contributed by atoms with E-state index in [-0.39, 0.29) is 19.1 Å². The highest BCUT2D eigenvalue weighted by Crippen LogP contribution is 2.21. The second-order valence-corrected chi connectivity index (χ2v) is 5.58. The molecule has 0 saturated carbocycles. The topological polar surface area (TPSA) is 83.7 Å². The van der Waals surface area contributed by atoms with Crippen molar-refractivity contribution in [1.82, 2.24) is 10.1 Å². The van der Waals surface area contributed by atoms with Crippen LogP contribution in [-0.2, 0) is 16.1 Å². The quantitative estimate of drug-likeness (QED) is 0.585. The highest BCUT2D eigenvalue weighted by atomic mass is 35.5. The maximum atomic E-state index is 11.7. The van der Waals surface area contributed by atoms with Crippen molar-refractivity contribution in [3.05, 3.63) is 59.4 Å². The predicted molar refractivity (Wildman–Crippen MR) is 93.0 cm³/mol. The number of rotatable bonds is 7. The Bertz CT molecular complexity index is 879. The molecule has 3 rings (SSSR count). The summed E-state index contributed by atoms with van der Waals surface area (Å²) in [6.07, 6.45) is 0. The van der Waals surface area contributed by atoms with Crippen molar-refractivity contribution in [2.75, 3.05) is 13.7 Å². The van der Waals surface area contributed by atoms with Crippen molar-refractivity contribution in [2.45, 2.75) is 6.61 Å². The second kappa shape index (κ2) is 8.35. The molecule has 0 unspecified atom stereocenters. The summed E-state index contributed by atoms with van der Waals surface area (Å²) in [5, 5.41) is 4.45. The Morgan fingerprint density at radius 2 is 1.96 bits per heavy atom. The molecule has 0 aliphatic heterocycles. The molecular weight excluding hydrogens is 360 g/mol. The van der Waals surface area contributed by atoms with E-state index < -0.39 is 5.97 Å². The van der Waals surface area contributed by atoms with Gasteiger partial charge in [-0.2, -0.15) is 4.98 Å². The maximum absolute atomic E-state index is 11.7. The van der Waals surface area contributed by atoms with Crippen LogP contribution in [0.4, 0.5) is 0 Å². The van der Waals surface area contributed by atoms with Gasteiger partial charge in [0.25, 0.3) is 5.89 Å². The number of aromatic nitrogens is 2. The summed E-state index contributed by atoms with van der Waals surface area (Å²) in [4.78, 5) is 15.9. The van der Waals surface area contributed by atoms with Gasteiger partial charge in [0.15, 0.2) is 13.2 Å². The molecule has 1 heterocycles. The van der Waals surface area contributed by atoms with Crippen LogP contribution < -0.4 is 9.47 Å². The van der Waals surface area contributed by atoms with Gasteiger partial charge in [0.05, 0.1) is 7.11 Å². The van der Waals surface area contributed by atoms with Gasteiger partial charge in [0, 0.05) is 10.6 Å². The molecule has 0 aliphatic carbocycles. The van der Waals surface area contributed by atoms with Crippen molar-refractivity contribution in [1.29, 1.82) is 0 Å². The minimum Gasteiger partial charge on any atom is -0.497 e. The fraction of sp³-hybridized carbons (Fsp3) is 0.167. The average molecular weight is 375 g/mol. The average Bonchev–Trinajstić information content (AvgIpc) is 3.15. The number of esters is 1. The molecule has 0 bridgehead atoms. The summed E-state index contributed by atoms with van der Waals surface area (Å²) < 4.78 is 20.6. The third-order valence-corrected chi connectivity index (χ3v) is 3.57. The predicted octanol–water partition coefficient (Wildman–Crippen LogP) is 3.52. The molecule has 0 spiro atoms. The molecule has 134 valence electrons. The van der Waals surface area contributed by atoms with Crippen LogP contribution in [0.1, 0.15) is 5.89 Å². The summed E-state index contributed by atoms with van der Waals surface area (Å²) in [7, 11) is 1.58. The number of ether oxygens (including phenoxy) is 3. The molecule has 1 aromatic heterocycles. The zero-order valence-electron chi connectivity index (χ0n) is 13.8. The van der Waals surface area contributed by atoms with Crippen LogP contribution >= 0.6 is 11.6 Å². The number of methoxy groups -OCH3 is 1. The van der Waals surface area contributed by atoms with Crippen LogP contribution in [0.5, 0.6) is 11.5 Å². The first kappa shape index (κ1) is 17.8. The Hall–Kier alpha value is -3.06. The Morgan fingerprint density at radius 3 is 2.73 bits per heavy atom. The Balaban J connectivity index is 1.51. The van der Waals surface area contributed by atoms with Crippen LogP contribution in [0.25, 0.3) is 11.4 Å². The number of benzene rings is 2. The lowest BCUT2D eigenvalue weighted by Crippen LogP contribution is -2.14. The lowest BCUT2D eigenvalue weighted by Gasteiger charge is -2.05. The molecule has 0 fully saturated rings. The van der Waals surface area contributed by atoms with Crippen LogP contribution in [0.2, 0.25) is 5.02 Å². The van der Waals surface area contributed by atoms with E-state index in [9.17, 15) is 4.79 Å². The first-order chi connectivity index (χ1) is 12.6. The van der Waals surface area contributed by atoms with Crippen LogP contribution in [0, 0.1) is 0 Å². The van der Waals surface area contributed by atoms with Gasteiger partial charge in [-0.1, -0.05) is 28.9 Å². The smallest absolute Gasteiger partial charge is 0.344 e. The molecule has 7 nitrogen and oxygen atoms in total. The number of hydrogen-bond donors (Lipinski definition) is 0. The van der Waals surface area contributed by atoms with Crippen molar-refractivity contribution < 1.29 is 23.5 Å². The van der Waals surface area contributed by atoms with Crippen molar-refractivity contribution >= 4 is 17.6 Å². The summed E-state index contributed by atoms with van der Waals surface area (Å²) in [6, 6.07) is 13.9. The third kappa shape index (κ3) is 4.73. The fourth-order valence-electron chi connectivity index (χ4n) is 2.05. The number of carbonyl (C=O) groups excluding carboxylic acids is 1. The van der Waals surface area contributed by atoms with Gasteiger partial charge in [-0.25, -0.2) is 4.79 Å². The van der Waals surface area contributed by atoms with Crippen LogP contribution in [0.3, 0.4) is 0 Å². The molecule has 0 amide bonds. The van der Waals surface area contributed by atoms with Crippen LogP contribution in [-0.4, -0.2) is 29.8 Å². The van der Waals surface area contributed by atoms with E-state index in [1.54, 1.807) is 37.4 Å². The number of carbonyl (C=O) groups is 1. The van der Waals surface area contributed by atoms with Gasteiger partial charge in [0.2, 0.25) is 5.82 Å². The second-order valence-electron chi connectivity index (χ2n) is 5.15. The van der Waals surface area contributed by atoms with Gasteiger partial charge in [0.1, 0.15) is 11.5 Å². The molecule has 3 aromatic rings. The molecular formula is C18H15ClN2O5. The standard InChI is InChI=1S/C18H15ClN2O5/c1-23-15-4-2-3-12(9-15)18-20-16(26-21-18)10-25-17(22)11-24-14-7-5-13(19)6-8-14/h2-9H,10-11H2,1H3. The molecule has 26 heavy (non-hydrogen) atoms. The van der Waals surface area contributed by atoms with Gasteiger partial charge >= 0.3 is 5.97 Å². The van der Waals surface area contributed by atoms with Gasteiger partial charge in [-0.3, -0.25) is 0 Å². The van der Waals surface area contributed by atoms with Crippen molar-refractivity contribution in [3.8, 4) is 22.9 Å². The molecule has 8 heteroatoms. The SMILES string of the molecule is COc1cccc(-c2noc(COC(=O)COc3ccc(Cl)cc3)n2)c1. The van der Waals surface area contributed by atoms with E-state index >= 15 is 0 Å². The van der Waals surface area contributed by atoms with Gasteiger partial charge in [-0.15, -0.1) is 0 Å². The van der Waals surface area contributed by atoms with E-state index in [0.29, 0.717) is 22.3 Å². The highest BCUT2D eigenvalue weighted by molar-refractivity contribution is 6.30. The van der Waals surface area contributed by atoms with E-state index in [2.05, 4.69) is 10.1 Å². The maximum Gasteiger partial charge on any atom is 0.344 e. The number of nitrogens with zero attached hydrogens (tertiary/aromatic N) is 2. The Morgan fingerprint density at radius 1 is 1.15 bits per heavy atom. The molecule has 0 atom stereocenters. The van der Waals surface area contributed by atoms with Gasteiger partial charge < -0.3 is 18.7 Å². The molecule has 0 radical (unpaired) electrons. The van der Waals surface area contributed by atoms with Crippen molar-refractivity contribution in [3.63, 3.8) is 0 Å². The van der Waals surface area contributed by atoms with E-state index in [4.69, 9.17) is 30.3 Å².